The summed E-state index contributed by atoms with van der Waals surface area (Å²) in [6, 6.07) is 0. The van der Waals surface area contributed by atoms with Gasteiger partial charge in [0.25, 0.3) is 0 Å². The molecule has 6 heteroatoms. The molecule has 2 aliphatic carbocycles. The smallest absolute Gasteiger partial charge is 0.335 e. The topological polar surface area (TPSA) is 82.1 Å². The molecule has 0 aromatic carbocycles. The van der Waals surface area contributed by atoms with Crippen LogP contribution in [0.15, 0.2) is 24.3 Å². The summed E-state index contributed by atoms with van der Waals surface area (Å²) in [6.07, 6.45) is 18.4. The second-order valence-electron chi connectivity index (χ2n) is 11.5. The zero-order valence-electron chi connectivity index (χ0n) is 23.5. The molecule has 0 amide bonds. The van der Waals surface area contributed by atoms with Crippen molar-refractivity contribution in [3.63, 3.8) is 0 Å². The predicted molar refractivity (Wildman–Crippen MR) is 147 cm³/mol. The summed E-state index contributed by atoms with van der Waals surface area (Å²) in [6.45, 7) is 9.55. The van der Waals surface area contributed by atoms with Crippen molar-refractivity contribution in [2.75, 3.05) is 33.5 Å². The van der Waals surface area contributed by atoms with Gasteiger partial charge in [-0.05, 0) is 36.5 Å². The van der Waals surface area contributed by atoms with E-state index in [1.54, 1.807) is 0 Å². The quantitative estimate of drug-likeness (QED) is 0.135. The summed E-state index contributed by atoms with van der Waals surface area (Å²) in [7, 11) is 1.51. The maximum atomic E-state index is 12.2. The molecule has 0 saturated heterocycles. The third kappa shape index (κ3) is 11.7. The van der Waals surface area contributed by atoms with Crippen LogP contribution in [-0.2, 0) is 23.8 Å². The van der Waals surface area contributed by atoms with Crippen LogP contribution in [0, 0.1) is 29.6 Å². The number of carbonyl (C=O) groups excluding carboxylic acids is 2. The van der Waals surface area contributed by atoms with E-state index in [4.69, 9.17) is 19.3 Å². The number of ether oxygens (including phenoxy) is 3. The number of esters is 2. The lowest BCUT2D eigenvalue weighted by atomic mass is 9.72. The average molecular weight is 521 g/mol. The average Bonchev–Trinajstić information content (AvgIpc) is 2.92. The van der Waals surface area contributed by atoms with Crippen LogP contribution in [0.5, 0.6) is 0 Å². The maximum absolute atomic E-state index is 12.2. The van der Waals surface area contributed by atoms with Crippen molar-refractivity contribution in [3.8, 4) is 0 Å². The largest absolute Gasteiger partial charge is 0.462 e. The van der Waals surface area contributed by atoms with Gasteiger partial charge in [-0.25, -0.2) is 9.59 Å². The first kappa shape index (κ1) is 31.6. The molecule has 2 rings (SSSR count). The molecule has 0 aromatic heterocycles. The second-order valence-corrected chi connectivity index (χ2v) is 11.5. The number of unbranched alkanes of at least 4 members (excludes halogenated alkanes) is 2. The molecule has 0 aromatic rings. The van der Waals surface area contributed by atoms with E-state index in [2.05, 4.69) is 20.1 Å². The molecule has 1 atom stereocenters. The number of hydrogen-bond donors (Lipinski definition) is 1. The molecule has 0 aliphatic heterocycles. The van der Waals surface area contributed by atoms with Crippen molar-refractivity contribution in [2.24, 2.45) is 29.6 Å². The fourth-order valence-corrected chi connectivity index (χ4v) is 6.10. The molecule has 0 bridgehead atoms. The van der Waals surface area contributed by atoms with E-state index in [1.165, 1.54) is 84.2 Å². The number of aliphatic hydroxyl groups is 1. The molecule has 0 spiro atoms. The minimum absolute atomic E-state index is 0.0305. The molecule has 212 valence electrons. The Hall–Kier alpha value is -1.66. The van der Waals surface area contributed by atoms with Crippen molar-refractivity contribution >= 4 is 11.9 Å². The van der Waals surface area contributed by atoms with Crippen LogP contribution in [0.2, 0.25) is 0 Å². The summed E-state index contributed by atoms with van der Waals surface area (Å²) in [5, 5.41) is 9.15. The van der Waals surface area contributed by atoms with Gasteiger partial charge in [0.05, 0.1) is 37.6 Å². The van der Waals surface area contributed by atoms with E-state index in [0.29, 0.717) is 5.92 Å². The number of methoxy groups -OCH3 is 1. The fourth-order valence-electron chi connectivity index (χ4n) is 6.10. The van der Waals surface area contributed by atoms with Gasteiger partial charge < -0.3 is 19.3 Å². The molecule has 1 N–H and O–H groups in total. The van der Waals surface area contributed by atoms with Crippen LogP contribution in [-0.4, -0.2) is 50.6 Å². The molecular formula is C31H52O6. The first-order valence-electron chi connectivity index (χ1n) is 14.7. The van der Waals surface area contributed by atoms with E-state index in [-0.39, 0.29) is 36.9 Å². The van der Waals surface area contributed by atoms with Gasteiger partial charge in [0.1, 0.15) is 0 Å². The lowest BCUT2D eigenvalue weighted by molar-refractivity contribution is -0.146. The van der Waals surface area contributed by atoms with Gasteiger partial charge >= 0.3 is 11.9 Å². The molecular weight excluding hydrogens is 468 g/mol. The molecule has 0 heterocycles. The van der Waals surface area contributed by atoms with Gasteiger partial charge in [0, 0.05) is 13.0 Å². The summed E-state index contributed by atoms with van der Waals surface area (Å²) >= 11 is 0. The molecule has 2 saturated carbocycles. The lowest BCUT2D eigenvalue weighted by Crippen LogP contribution is -2.31. The molecule has 37 heavy (non-hydrogen) atoms. The van der Waals surface area contributed by atoms with Crippen LogP contribution in [0.3, 0.4) is 0 Å². The molecule has 1 unspecified atom stereocenters. The molecule has 0 radical (unpaired) electrons. The van der Waals surface area contributed by atoms with Crippen LogP contribution in [0.1, 0.15) is 96.8 Å². The normalized spacial score (nSPS) is 24.7. The summed E-state index contributed by atoms with van der Waals surface area (Å²) in [5.41, 5.74) is 0.300. The SMILES string of the molecule is C=C(CO)C(=O)OCC(COC(=O)C(=C)COC)C1CCC(CCC2CCC(CCCCC)CC2)CC1. The zero-order chi connectivity index (χ0) is 27.0. The van der Waals surface area contributed by atoms with Gasteiger partial charge in [0.2, 0.25) is 0 Å². The van der Waals surface area contributed by atoms with E-state index in [0.717, 1.165) is 30.6 Å². The lowest BCUT2D eigenvalue weighted by Gasteiger charge is -2.35. The third-order valence-electron chi connectivity index (χ3n) is 8.67. The van der Waals surface area contributed by atoms with Gasteiger partial charge in [-0.1, -0.05) is 97.1 Å². The minimum atomic E-state index is -0.601. The summed E-state index contributed by atoms with van der Waals surface area (Å²) < 4.78 is 15.9. The minimum Gasteiger partial charge on any atom is -0.462 e. The van der Waals surface area contributed by atoms with Crippen molar-refractivity contribution < 1.29 is 28.9 Å². The van der Waals surface area contributed by atoms with Crippen molar-refractivity contribution in [2.45, 2.75) is 96.8 Å². The third-order valence-corrected chi connectivity index (χ3v) is 8.67. The Morgan fingerprint density at radius 2 is 1.27 bits per heavy atom. The highest BCUT2D eigenvalue weighted by atomic mass is 16.5. The van der Waals surface area contributed by atoms with Crippen LogP contribution in [0.25, 0.3) is 0 Å². The summed E-state index contributed by atoms with van der Waals surface area (Å²) in [5.74, 6) is 1.81. The molecule has 2 aliphatic rings. The predicted octanol–water partition coefficient (Wildman–Crippen LogP) is 6.41. The Bertz CT molecular complexity index is 700. The van der Waals surface area contributed by atoms with Crippen LogP contribution >= 0.6 is 0 Å². The highest BCUT2D eigenvalue weighted by Crippen LogP contribution is 2.39. The Kier molecular flexibility index (Phi) is 15.2. The van der Waals surface area contributed by atoms with Gasteiger partial charge in [-0.2, -0.15) is 0 Å². The Morgan fingerprint density at radius 1 is 0.784 bits per heavy atom. The van der Waals surface area contributed by atoms with E-state index in [1.807, 2.05) is 0 Å². The maximum Gasteiger partial charge on any atom is 0.335 e. The number of rotatable bonds is 17. The fraction of sp³-hybridized carbons (Fsp3) is 0.806. The molecule has 2 fully saturated rings. The first-order valence-corrected chi connectivity index (χ1v) is 14.7. The van der Waals surface area contributed by atoms with E-state index < -0.39 is 18.5 Å². The van der Waals surface area contributed by atoms with E-state index in [9.17, 15) is 9.59 Å². The number of hydrogen-bond acceptors (Lipinski definition) is 6. The number of aliphatic hydroxyl groups excluding tert-OH is 1. The Balaban J connectivity index is 1.77. The van der Waals surface area contributed by atoms with Gasteiger partial charge in [-0.3, -0.25) is 0 Å². The standard InChI is InChI=1S/C31H52O6/c1-5-6-7-8-25-9-11-26(12-10-25)13-14-27-15-17-28(18-16-27)29(21-36-30(33)23(2)19-32)22-37-31(34)24(3)20-35-4/h25-29,32H,2-3,5-22H2,1,4H3. The summed E-state index contributed by atoms with van der Waals surface area (Å²) in [4.78, 5) is 24.3. The van der Waals surface area contributed by atoms with Crippen LogP contribution in [0.4, 0.5) is 0 Å². The molecule has 6 nitrogen and oxygen atoms in total. The second kappa shape index (κ2) is 17.8. The monoisotopic (exact) mass is 520 g/mol. The Morgan fingerprint density at radius 3 is 1.76 bits per heavy atom. The van der Waals surface area contributed by atoms with Gasteiger partial charge in [-0.15, -0.1) is 0 Å². The van der Waals surface area contributed by atoms with Crippen molar-refractivity contribution in [1.29, 1.82) is 0 Å². The highest BCUT2D eigenvalue weighted by Gasteiger charge is 2.31. The van der Waals surface area contributed by atoms with Crippen molar-refractivity contribution in [3.05, 3.63) is 24.3 Å². The number of carbonyl (C=O) groups is 2. The zero-order valence-corrected chi connectivity index (χ0v) is 23.5. The first-order chi connectivity index (χ1) is 17.9. The van der Waals surface area contributed by atoms with E-state index >= 15 is 0 Å². The van der Waals surface area contributed by atoms with Gasteiger partial charge in [0.15, 0.2) is 0 Å². The van der Waals surface area contributed by atoms with Crippen LogP contribution < -0.4 is 0 Å². The highest BCUT2D eigenvalue weighted by molar-refractivity contribution is 5.88. The van der Waals surface area contributed by atoms with Crippen molar-refractivity contribution in [1.82, 2.24) is 0 Å². The Labute approximate surface area is 225 Å².